The molecule has 1 amide bonds. The van der Waals surface area contributed by atoms with Crippen molar-refractivity contribution >= 4 is 51.7 Å². The van der Waals surface area contributed by atoms with E-state index in [0.717, 1.165) is 16.8 Å². The molecule has 9 heteroatoms. The summed E-state index contributed by atoms with van der Waals surface area (Å²) >= 11 is 6.16. The van der Waals surface area contributed by atoms with Gasteiger partial charge in [0, 0.05) is 45.2 Å². The van der Waals surface area contributed by atoms with E-state index in [0.29, 0.717) is 21.8 Å². The van der Waals surface area contributed by atoms with Gasteiger partial charge in [-0.25, -0.2) is 0 Å². The third-order valence-electron chi connectivity index (χ3n) is 8.93. The summed E-state index contributed by atoms with van der Waals surface area (Å²) in [6, 6.07) is 24.9. The first-order valence-electron chi connectivity index (χ1n) is 13.8. The number of ketones is 2. The topological polar surface area (TPSA) is 110 Å². The number of nitrogens with one attached hydrogen (secondary N) is 1. The second kappa shape index (κ2) is 9.74. The van der Waals surface area contributed by atoms with Crippen LogP contribution in [0.4, 0.5) is 17.1 Å². The van der Waals surface area contributed by atoms with Crippen LogP contribution in [-0.2, 0) is 10.2 Å². The van der Waals surface area contributed by atoms with Gasteiger partial charge < -0.3 is 10.2 Å². The molecule has 7 rings (SSSR count). The van der Waals surface area contributed by atoms with Crippen molar-refractivity contribution in [1.82, 2.24) is 0 Å². The van der Waals surface area contributed by atoms with Crippen molar-refractivity contribution in [2.45, 2.75) is 24.4 Å². The summed E-state index contributed by atoms with van der Waals surface area (Å²) in [4.78, 5) is 56.6. The number of rotatable bonds is 5. The number of hydrogen-bond acceptors (Lipinski definition) is 6. The minimum absolute atomic E-state index is 0.155. The number of nitro groups is 1. The molecule has 3 heterocycles. The molecule has 4 aromatic rings. The first-order valence-corrected chi connectivity index (χ1v) is 14.2. The molecule has 0 saturated carbocycles. The maximum atomic E-state index is 14.8. The summed E-state index contributed by atoms with van der Waals surface area (Å²) in [7, 11) is 0. The van der Waals surface area contributed by atoms with Gasteiger partial charge in [-0.2, -0.15) is 0 Å². The molecule has 1 spiro atoms. The lowest BCUT2D eigenvalue weighted by Crippen LogP contribution is -2.51. The zero-order chi connectivity index (χ0) is 30.0. The van der Waals surface area contributed by atoms with Gasteiger partial charge in [0.25, 0.3) is 5.69 Å². The fourth-order valence-electron chi connectivity index (χ4n) is 7.10. The predicted octanol–water partition coefficient (Wildman–Crippen LogP) is 6.49. The van der Waals surface area contributed by atoms with Crippen molar-refractivity contribution in [1.29, 1.82) is 0 Å². The van der Waals surface area contributed by atoms with E-state index in [9.17, 15) is 24.5 Å². The summed E-state index contributed by atoms with van der Waals surface area (Å²) in [5.41, 5.74) is 2.70. The quantitative estimate of drug-likeness (QED) is 0.162. The first-order chi connectivity index (χ1) is 20.7. The highest BCUT2D eigenvalue weighted by Gasteiger charge is 2.70. The smallest absolute Gasteiger partial charge is 0.269 e. The Morgan fingerprint density at radius 2 is 1.51 bits per heavy atom. The molecule has 4 aromatic carbocycles. The molecule has 1 fully saturated rings. The lowest BCUT2D eigenvalue weighted by Gasteiger charge is -2.39. The number of amides is 1. The van der Waals surface area contributed by atoms with Gasteiger partial charge in [-0.3, -0.25) is 24.5 Å². The van der Waals surface area contributed by atoms with E-state index in [-0.39, 0.29) is 22.9 Å². The van der Waals surface area contributed by atoms with Crippen molar-refractivity contribution in [3.05, 3.63) is 141 Å². The van der Waals surface area contributed by atoms with E-state index >= 15 is 0 Å². The Hall–Kier alpha value is -5.08. The molecule has 3 aliphatic rings. The highest BCUT2D eigenvalue weighted by atomic mass is 35.5. The van der Waals surface area contributed by atoms with Crippen LogP contribution in [-0.4, -0.2) is 34.5 Å². The molecule has 0 aromatic heterocycles. The van der Waals surface area contributed by atoms with E-state index in [2.05, 4.69) is 5.32 Å². The van der Waals surface area contributed by atoms with Gasteiger partial charge in [0.2, 0.25) is 5.91 Å². The Bertz CT molecular complexity index is 1880. The van der Waals surface area contributed by atoms with Crippen molar-refractivity contribution in [2.24, 2.45) is 5.92 Å². The molecule has 1 N–H and O–H groups in total. The number of nitrogens with zero attached hydrogens (tertiary/aromatic N) is 2. The number of para-hydroxylation sites is 2. The predicted molar refractivity (Wildman–Crippen MR) is 164 cm³/mol. The van der Waals surface area contributed by atoms with E-state index in [1.165, 1.54) is 24.3 Å². The summed E-state index contributed by atoms with van der Waals surface area (Å²) in [6.07, 6.45) is 1.98. The number of fused-ring (bicyclic) bond motifs is 6. The van der Waals surface area contributed by atoms with Gasteiger partial charge in [-0.05, 0) is 66.6 Å². The fraction of sp³-hybridized carbons (Fsp3) is 0.147. The Kier molecular flexibility index (Phi) is 6.07. The molecule has 4 atom stereocenters. The van der Waals surface area contributed by atoms with Crippen LogP contribution in [0.1, 0.15) is 38.8 Å². The molecule has 0 unspecified atom stereocenters. The molecule has 43 heavy (non-hydrogen) atoms. The minimum atomic E-state index is -1.46. The normalized spacial score (nSPS) is 23.2. The summed E-state index contributed by atoms with van der Waals surface area (Å²) in [5, 5.41) is 14.8. The highest BCUT2D eigenvalue weighted by Crippen LogP contribution is 2.58. The Morgan fingerprint density at radius 3 is 2.23 bits per heavy atom. The van der Waals surface area contributed by atoms with Crippen molar-refractivity contribution < 1.29 is 19.3 Å². The number of benzene rings is 4. The number of carbonyl (C=O) groups is 3. The van der Waals surface area contributed by atoms with E-state index in [4.69, 9.17) is 11.6 Å². The Morgan fingerprint density at radius 1 is 0.884 bits per heavy atom. The molecule has 212 valence electrons. The third-order valence-corrected chi connectivity index (χ3v) is 9.18. The Balaban J connectivity index is 1.53. The van der Waals surface area contributed by atoms with Crippen molar-refractivity contribution in [3.63, 3.8) is 0 Å². The molecule has 0 radical (unpaired) electrons. The second-order valence-electron chi connectivity index (χ2n) is 11.0. The highest BCUT2D eigenvalue weighted by molar-refractivity contribution is 6.30. The van der Waals surface area contributed by atoms with E-state index in [1.54, 1.807) is 30.3 Å². The van der Waals surface area contributed by atoms with Crippen LogP contribution in [0, 0.1) is 16.0 Å². The van der Waals surface area contributed by atoms with E-state index in [1.807, 2.05) is 60.4 Å². The van der Waals surface area contributed by atoms with Crippen LogP contribution in [0.3, 0.4) is 0 Å². The zero-order valence-corrected chi connectivity index (χ0v) is 23.6. The number of halogens is 1. The maximum absolute atomic E-state index is 14.8. The van der Waals surface area contributed by atoms with Gasteiger partial charge >= 0.3 is 0 Å². The summed E-state index contributed by atoms with van der Waals surface area (Å²) in [5.74, 6) is -2.30. The van der Waals surface area contributed by atoms with Crippen molar-refractivity contribution in [2.75, 3.05) is 10.2 Å². The molecular formula is C34H24ClN3O5. The number of non-ortho nitro benzene ring substituents is 1. The third kappa shape index (κ3) is 3.79. The molecule has 8 nitrogen and oxygen atoms in total. The van der Waals surface area contributed by atoms with Crippen LogP contribution in [0.15, 0.2) is 103 Å². The van der Waals surface area contributed by atoms with Gasteiger partial charge in [0.05, 0.1) is 16.9 Å². The maximum Gasteiger partial charge on any atom is 0.269 e. The zero-order valence-electron chi connectivity index (χ0n) is 22.9. The minimum Gasteiger partial charge on any atom is -0.352 e. The number of hydrogen-bond donors (Lipinski definition) is 1. The van der Waals surface area contributed by atoms with Gasteiger partial charge in [-0.15, -0.1) is 0 Å². The van der Waals surface area contributed by atoms with Crippen molar-refractivity contribution in [3.8, 4) is 0 Å². The lowest BCUT2D eigenvalue weighted by molar-refractivity contribution is -0.384. The number of Topliss-reactive ketones (excluding diaryl/α,β-unsaturated/α-hetero) is 2. The van der Waals surface area contributed by atoms with Crippen LogP contribution in [0.25, 0.3) is 5.57 Å². The molecule has 3 aliphatic heterocycles. The lowest BCUT2D eigenvalue weighted by atomic mass is 9.64. The number of carbonyl (C=O) groups excluding carboxylic acids is 3. The van der Waals surface area contributed by atoms with Crippen LogP contribution in [0.5, 0.6) is 0 Å². The van der Waals surface area contributed by atoms with Gasteiger partial charge in [-0.1, -0.05) is 54.1 Å². The van der Waals surface area contributed by atoms with Crippen LogP contribution < -0.4 is 10.2 Å². The molecule has 0 bridgehead atoms. The van der Waals surface area contributed by atoms with Crippen LogP contribution in [0.2, 0.25) is 5.02 Å². The largest absolute Gasteiger partial charge is 0.352 e. The molecular weight excluding hydrogens is 566 g/mol. The average molecular weight is 590 g/mol. The molecule has 1 saturated heterocycles. The van der Waals surface area contributed by atoms with Crippen LogP contribution >= 0.6 is 11.6 Å². The van der Waals surface area contributed by atoms with E-state index < -0.39 is 34.1 Å². The van der Waals surface area contributed by atoms with Gasteiger partial charge in [0.1, 0.15) is 11.5 Å². The fourth-order valence-corrected chi connectivity index (χ4v) is 7.23. The number of nitro benzene ring substituents is 1. The summed E-state index contributed by atoms with van der Waals surface area (Å²) in [6.45, 7) is 1.96. The first kappa shape index (κ1) is 26.8. The molecule has 0 aliphatic carbocycles. The monoisotopic (exact) mass is 589 g/mol. The van der Waals surface area contributed by atoms with Gasteiger partial charge in [0.15, 0.2) is 11.6 Å². The summed E-state index contributed by atoms with van der Waals surface area (Å²) < 4.78 is 0. The standard InChI is InChI=1S/C34H24ClN3O5/c1-19-18-28-34(25-7-3-4-8-26(25)36-33(34)41)29(31(39)20-10-14-22(35)15-11-20)30(37(28)27-9-5-2-6-24(19)27)32(40)21-12-16-23(17-13-21)38(42)43/h2-18,28-30H,1H3,(H,36,41)/t28-,29+,30+,34-/m1/s1. The second-order valence-corrected chi connectivity index (χ2v) is 11.5. The Labute approximate surface area is 251 Å². The number of allylic oxidation sites excluding steroid dienone is 1. The number of anilines is 2. The SMILES string of the molecule is CC1=C[C@H]2N(c3ccccc31)[C@H](C(=O)c1ccc([N+](=O)[O-])cc1)[C@@H](C(=O)c1ccc(Cl)cc1)[C@]21C(=O)Nc2ccccc21. The average Bonchev–Trinajstić information content (AvgIpc) is 3.49.